The lowest BCUT2D eigenvalue weighted by Gasteiger charge is -2.24. The van der Waals surface area contributed by atoms with E-state index in [1.54, 1.807) is 6.92 Å². The Bertz CT molecular complexity index is 1310. The molecule has 1 aliphatic heterocycles. The van der Waals surface area contributed by atoms with E-state index in [0.717, 1.165) is 49.1 Å². The van der Waals surface area contributed by atoms with Crippen LogP contribution in [0.15, 0.2) is 36.4 Å². The van der Waals surface area contributed by atoms with Crippen molar-refractivity contribution in [3.8, 4) is 0 Å². The Morgan fingerprint density at radius 3 is 1.93 bits per heavy atom. The van der Waals surface area contributed by atoms with Crippen molar-refractivity contribution in [1.82, 2.24) is 4.90 Å². The van der Waals surface area contributed by atoms with Crippen LogP contribution in [0.2, 0.25) is 0 Å². The number of amides is 1. The Kier molecular flexibility index (Phi) is 11.2. The van der Waals surface area contributed by atoms with Crippen molar-refractivity contribution >= 4 is 17.7 Å². The van der Waals surface area contributed by atoms with Crippen molar-refractivity contribution in [3.05, 3.63) is 64.2 Å². The Morgan fingerprint density at radius 1 is 0.889 bits per heavy atom. The second-order valence-corrected chi connectivity index (χ2v) is 10.6. The van der Waals surface area contributed by atoms with Gasteiger partial charge in [-0.05, 0) is 74.2 Å². The third kappa shape index (κ3) is 9.16. The first-order valence-electron chi connectivity index (χ1n) is 13.9. The predicted octanol–water partition coefficient (Wildman–Crippen LogP) is 9.25. The smallest absolute Gasteiger partial charge is 0.416 e. The maximum Gasteiger partial charge on any atom is 0.416 e. The molecule has 1 amide bonds. The predicted molar refractivity (Wildman–Crippen MR) is 140 cm³/mol. The zero-order chi connectivity index (χ0) is 33.7. The number of halogens is 10. The summed E-state index contributed by atoms with van der Waals surface area (Å²) in [6, 6.07) is 2.62. The lowest BCUT2D eigenvalue weighted by Crippen LogP contribution is -2.32. The molecule has 1 N–H and O–H groups in total. The summed E-state index contributed by atoms with van der Waals surface area (Å²) in [4.78, 5) is 27.2. The summed E-state index contributed by atoms with van der Waals surface area (Å²) in [6.07, 6.45) is -12.7. The molecule has 0 spiro atoms. The molecule has 1 saturated heterocycles. The molecule has 250 valence electrons. The van der Waals surface area contributed by atoms with E-state index in [1.807, 2.05) is 0 Å². The quantitative estimate of drug-likeness (QED) is 0.313. The standard InChI is InChI=1S/C22H19F9N2O2.C7H11FO2/c1-3-32-17-5-4-14(20(23,24)25)8-13(17)10-33-11(2)18(35-19(33)34)12-6-15(21(26,27)28)9-16(7-12)22(29,30)31;8-10-7(9)6-4-2-1-3-5-6/h4-9,11,18,32H,3,10H2,1-2H3;6H,1-5H2. The molecule has 1 heterocycles. The first-order valence-corrected chi connectivity index (χ1v) is 13.9. The molecule has 2 aliphatic rings. The van der Waals surface area contributed by atoms with E-state index in [-0.39, 0.29) is 23.2 Å². The van der Waals surface area contributed by atoms with Gasteiger partial charge in [0.25, 0.3) is 0 Å². The van der Waals surface area contributed by atoms with Crippen LogP contribution in [0.4, 0.5) is 54.5 Å². The van der Waals surface area contributed by atoms with Crippen molar-refractivity contribution in [2.45, 2.75) is 83.2 Å². The lowest BCUT2D eigenvalue weighted by molar-refractivity contribution is -0.190. The van der Waals surface area contributed by atoms with Crippen molar-refractivity contribution < 1.29 is 63.3 Å². The van der Waals surface area contributed by atoms with Gasteiger partial charge in [-0.2, -0.15) is 39.5 Å². The fourth-order valence-corrected chi connectivity index (χ4v) is 5.15. The van der Waals surface area contributed by atoms with Crippen LogP contribution >= 0.6 is 0 Å². The molecule has 0 aromatic heterocycles. The van der Waals surface area contributed by atoms with Crippen molar-refractivity contribution in [1.29, 1.82) is 0 Å². The molecular weight excluding hydrogens is 630 g/mol. The van der Waals surface area contributed by atoms with Gasteiger partial charge in [0.2, 0.25) is 0 Å². The average Bonchev–Trinajstić information content (AvgIpc) is 3.25. The molecule has 1 aliphatic carbocycles. The number of cyclic esters (lactones) is 1. The highest BCUT2D eigenvalue weighted by Gasteiger charge is 2.43. The van der Waals surface area contributed by atoms with Gasteiger partial charge in [-0.1, -0.05) is 19.3 Å². The topological polar surface area (TPSA) is 67.9 Å². The summed E-state index contributed by atoms with van der Waals surface area (Å²) in [5.74, 6) is -0.849. The molecule has 6 nitrogen and oxygen atoms in total. The SMILES string of the molecule is CCNc1ccc(C(F)(F)F)cc1CN1C(=O)OC(c2cc(C(F)(F)F)cc(C(F)(F)F)c2)C1C.O=C(OF)C1CCCCC1. The van der Waals surface area contributed by atoms with Crippen LogP contribution < -0.4 is 5.32 Å². The number of carbonyl (C=O) groups excluding carboxylic acids is 2. The fourth-order valence-electron chi connectivity index (χ4n) is 5.15. The number of anilines is 1. The number of hydrogen-bond donors (Lipinski definition) is 1. The fraction of sp³-hybridized carbons (Fsp3) is 0.517. The molecule has 2 unspecified atom stereocenters. The number of ether oxygens (including phenoxy) is 1. The molecule has 0 bridgehead atoms. The largest absolute Gasteiger partial charge is 0.439 e. The summed E-state index contributed by atoms with van der Waals surface area (Å²) >= 11 is 0. The molecule has 16 heteroatoms. The van der Waals surface area contributed by atoms with Crippen LogP contribution in [0.3, 0.4) is 0 Å². The molecule has 2 atom stereocenters. The van der Waals surface area contributed by atoms with E-state index in [2.05, 4.69) is 10.3 Å². The van der Waals surface area contributed by atoms with Crippen LogP contribution in [0.1, 0.15) is 79.9 Å². The molecule has 45 heavy (non-hydrogen) atoms. The first-order chi connectivity index (χ1) is 20.9. The molecule has 1 saturated carbocycles. The van der Waals surface area contributed by atoms with E-state index in [0.29, 0.717) is 18.7 Å². The van der Waals surface area contributed by atoms with Gasteiger partial charge in [-0.25, -0.2) is 9.59 Å². The average molecular weight is 661 g/mol. The minimum atomic E-state index is -5.10. The van der Waals surface area contributed by atoms with Gasteiger partial charge >= 0.3 is 30.6 Å². The van der Waals surface area contributed by atoms with Crippen molar-refractivity contribution in [2.75, 3.05) is 11.9 Å². The number of nitrogens with one attached hydrogen (secondary N) is 1. The Hall–Kier alpha value is -3.72. The summed E-state index contributed by atoms with van der Waals surface area (Å²) in [5.41, 5.74) is -4.34. The third-order valence-corrected chi connectivity index (χ3v) is 7.49. The Morgan fingerprint density at radius 2 is 1.44 bits per heavy atom. The van der Waals surface area contributed by atoms with Crippen molar-refractivity contribution in [3.63, 3.8) is 0 Å². The zero-order valence-electron chi connectivity index (χ0n) is 24.0. The van der Waals surface area contributed by atoms with Crippen LogP contribution in [0, 0.1) is 5.92 Å². The lowest BCUT2D eigenvalue weighted by atomic mass is 9.90. The highest BCUT2D eigenvalue weighted by Crippen LogP contribution is 2.41. The highest BCUT2D eigenvalue weighted by molar-refractivity contribution is 5.72. The number of benzene rings is 2. The van der Waals surface area contributed by atoms with Crippen LogP contribution in [-0.4, -0.2) is 29.5 Å². The van der Waals surface area contributed by atoms with Crippen LogP contribution in [0.5, 0.6) is 0 Å². The van der Waals surface area contributed by atoms with Gasteiger partial charge in [0, 0.05) is 16.8 Å². The minimum Gasteiger partial charge on any atom is -0.439 e. The zero-order valence-corrected chi connectivity index (χ0v) is 24.0. The molecule has 0 radical (unpaired) electrons. The molecule has 2 aromatic carbocycles. The molecule has 2 aromatic rings. The number of carbonyl (C=O) groups is 2. The van der Waals surface area contributed by atoms with Gasteiger partial charge < -0.3 is 10.1 Å². The Balaban J connectivity index is 0.000000468. The second-order valence-electron chi connectivity index (χ2n) is 10.6. The van der Waals surface area contributed by atoms with Gasteiger partial charge in [-0.3, -0.25) is 9.84 Å². The van der Waals surface area contributed by atoms with E-state index < -0.39 is 71.5 Å². The monoisotopic (exact) mass is 660 g/mol. The van der Waals surface area contributed by atoms with E-state index in [1.165, 1.54) is 13.0 Å². The first kappa shape index (κ1) is 35.8. The molecule has 4 rings (SSSR count). The summed E-state index contributed by atoms with van der Waals surface area (Å²) in [6.45, 7) is 2.93. The Labute approximate surface area is 251 Å². The van der Waals surface area contributed by atoms with Gasteiger partial charge in [0.1, 0.15) is 6.10 Å². The summed E-state index contributed by atoms with van der Waals surface area (Å²) in [7, 11) is 0. The molecule has 2 fully saturated rings. The number of hydrogen-bond acceptors (Lipinski definition) is 5. The third-order valence-electron chi connectivity index (χ3n) is 7.49. The van der Waals surface area contributed by atoms with Crippen LogP contribution in [-0.2, 0) is 39.5 Å². The molecular formula is C29H30F10N2O4. The van der Waals surface area contributed by atoms with E-state index >= 15 is 0 Å². The van der Waals surface area contributed by atoms with Crippen molar-refractivity contribution in [2.24, 2.45) is 5.92 Å². The van der Waals surface area contributed by atoms with E-state index in [9.17, 15) is 53.6 Å². The maximum absolute atomic E-state index is 13.2. The van der Waals surface area contributed by atoms with E-state index in [4.69, 9.17) is 4.74 Å². The summed E-state index contributed by atoms with van der Waals surface area (Å²) in [5, 5.41) is 2.85. The van der Waals surface area contributed by atoms with Gasteiger partial charge in [-0.15, -0.1) is 0 Å². The second kappa shape index (κ2) is 14.1. The summed E-state index contributed by atoms with van der Waals surface area (Å²) < 4.78 is 135. The highest BCUT2D eigenvalue weighted by atomic mass is 19.4. The van der Waals surface area contributed by atoms with Gasteiger partial charge in [0.15, 0.2) is 0 Å². The maximum atomic E-state index is 13.2. The number of alkyl halides is 9. The van der Waals surface area contributed by atoms with Gasteiger partial charge in [0.05, 0.1) is 35.2 Å². The van der Waals surface area contributed by atoms with Crippen LogP contribution in [0.25, 0.3) is 0 Å². The minimum absolute atomic E-state index is 0.0474. The normalized spacial score (nSPS) is 19.5. The number of nitrogens with zero attached hydrogens (tertiary/aromatic N) is 1. The number of rotatable bonds is 6.